The molecule has 25 heavy (non-hydrogen) atoms. The van der Waals surface area contributed by atoms with Gasteiger partial charge in [0.2, 0.25) is 12.7 Å². The van der Waals surface area contributed by atoms with E-state index in [2.05, 4.69) is 20.6 Å². The summed E-state index contributed by atoms with van der Waals surface area (Å²) in [5, 5.41) is 5.94. The average Bonchev–Trinajstić information content (AvgIpc) is 3.19. The van der Waals surface area contributed by atoms with Crippen molar-refractivity contribution in [2.75, 3.05) is 17.4 Å². The first-order valence-electron chi connectivity index (χ1n) is 7.77. The first-order valence-corrected chi connectivity index (χ1v) is 7.77. The molecular formula is C17H16N4O4. The lowest BCUT2D eigenvalue weighted by molar-refractivity contribution is -0.116. The highest BCUT2D eigenvalue weighted by molar-refractivity contribution is 5.96. The summed E-state index contributed by atoms with van der Waals surface area (Å²) in [7, 11) is 0. The minimum atomic E-state index is -0.478. The highest BCUT2D eigenvalue weighted by atomic mass is 16.7. The quantitative estimate of drug-likeness (QED) is 0.581. The van der Waals surface area contributed by atoms with Gasteiger partial charge in [0, 0.05) is 17.4 Å². The number of rotatable bonds is 4. The number of ether oxygens (including phenoxy) is 2. The van der Waals surface area contributed by atoms with Gasteiger partial charge in [0.1, 0.15) is 6.04 Å². The van der Waals surface area contributed by atoms with Crippen molar-refractivity contribution in [3.63, 3.8) is 0 Å². The molecule has 2 heterocycles. The number of carbonyl (C=O) groups is 1. The van der Waals surface area contributed by atoms with Gasteiger partial charge in [-0.15, -0.1) is 0 Å². The molecule has 1 aromatic heterocycles. The molecule has 0 fully saturated rings. The van der Waals surface area contributed by atoms with Crippen LogP contribution in [-0.2, 0) is 4.79 Å². The summed E-state index contributed by atoms with van der Waals surface area (Å²) < 4.78 is 10.5. The van der Waals surface area contributed by atoms with E-state index in [-0.39, 0.29) is 18.4 Å². The third-order valence-electron chi connectivity index (χ3n) is 3.93. The largest absolute Gasteiger partial charge is 0.454 e. The van der Waals surface area contributed by atoms with Crippen molar-refractivity contribution in [2.45, 2.75) is 13.0 Å². The van der Waals surface area contributed by atoms with Crippen LogP contribution in [0.25, 0.3) is 11.0 Å². The molecule has 8 nitrogen and oxygen atoms in total. The lowest BCUT2D eigenvalue weighted by Gasteiger charge is -2.15. The monoisotopic (exact) mass is 340 g/mol. The van der Waals surface area contributed by atoms with Gasteiger partial charge in [0.25, 0.3) is 0 Å². The Morgan fingerprint density at radius 2 is 1.80 bits per heavy atom. The van der Waals surface area contributed by atoms with E-state index in [1.54, 1.807) is 43.3 Å². The Hall–Kier alpha value is -3.42. The number of aromatic nitrogens is 2. The molecule has 3 aromatic rings. The van der Waals surface area contributed by atoms with Crippen LogP contribution in [0.2, 0.25) is 0 Å². The first-order chi connectivity index (χ1) is 12.1. The highest BCUT2D eigenvalue weighted by Gasteiger charge is 2.17. The fourth-order valence-corrected chi connectivity index (χ4v) is 2.66. The van der Waals surface area contributed by atoms with Gasteiger partial charge in [0.05, 0.1) is 11.0 Å². The Labute approximate surface area is 142 Å². The molecule has 4 N–H and O–H groups in total. The summed E-state index contributed by atoms with van der Waals surface area (Å²) in [6.45, 7) is 1.95. The summed E-state index contributed by atoms with van der Waals surface area (Å²) in [6, 6.07) is 10.1. The van der Waals surface area contributed by atoms with Crippen LogP contribution in [0, 0.1) is 0 Å². The minimum absolute atomic E-state index is 0.189. The second-order valence-electron chi connectivity index (χ2n) is 5.76. The van der Waals surface area contributed by atoms with Crippen LogP contribution in [0.5, 0.6) is 11.5 Å². The van der Waals surface area contributed by atoms with E-state index in [1.165, 1.54) is 0 Å². The molecule has 0 saturated carbocycles. The van der Waals surface area contributed by atoms with Gasteiger partial charge in [-0.2, -0.15) is 0 Å². The lowest BCUT2D eigenvalue weighted by atomic mass is 10.2. The molecule has 0 saturated heterocycles. The molecule has 1 unspecified atom stereocenters. The second-order valence-corrected chi connectivity index (χ2v) is 5.76. The Morgan fingerprint density at radius 3 is 2.68 bits per heavy atom. The summed E-state index contributed by atoms with van der Waals surface area (Å²) in [5.74, 6) is 1.08. The zero-order chi connectivity index (χ0) is 17.4. The molecule has 1 atom stereocenters. The van der Waals surface area contributed by atoms with E-state index in [4.69, 9.17) is 9.47 Å². The zero-order valence-electron chi connectivity index (χ0n) is 13.4. The third-order valence-corrected chi connectivity index (χ3v) is 3.93. The number of hydrogen-bond donors (Lipinski definition) is 4. The number of nitrogens with one attached hydrogen (secondary N) is 4. The summed E-state index contributed by atoms with van der Waals surface area (Å²) in [6.07, 6.45) is 0. The zero-order valence-corrected chi connectivity index (χ0v) is 13.4. The molecular weight excluding hydrogens is 324 g/mol. The van der Waals surface area contributed by atoms with Crippen molar-refractivity contribution in [1.29, 1.82) is 0 Å². The van der Waals surface area contributed by atoms with E-state index in [9.17, 15) is 9.59 Å². The van der Waals surface area contributed by atoms with Gasteiger partial charge in [0.15, 0.2) is 11.5 Å². The van der Waals surface area contributed by atoms with Gasteiger partial charge < -0.3 is 30.1 Å². The normalized spacial score (nSPS) is 13.6. The van der Waals surface area contributed by atoms with E-state index in [0.717, 1.165) is 5.69 Å². The molecule has 0 bridgehead atoms. The maximum absolute atomic E-state index is 12.4. The first kappa shape index (κ1) is 15.1. The summed E-state index contributed by atoms with van der Waals surface area (Å²) in [4.78, 5) is 29.0. The smallest absolute Gasteiger partial charge is 0.323 e. The van der Waals surface area contributed by atoms with Crippen LogP contribution < -0.4 is 25.8 Å². The van der Waals surface area contributed by atoms with E-state index >= 15 is 0 Å². The van der Waals surface area contributed by atoms with E-state index in [1.807, 2.05) is 0 Å². The molecule has 1 amide bonds. The molecule has 1 aliphatic heterocycles. The second kappa shape index (κ2) is 5.90. The topological polar surface area (TPSA) is 108 Å². The fourth-order valence-electron chi connectivity index (χ4n) is 2.66. The predicted molar refractivity (Wildman–Crippen MR) is 93.2 cm³/mol. The van der Waals surface area contributed by atoms with E-state index in [0.29, 0.717) is 28.2 Å². The van der Waals surface area contributed by atoms with E-state index < -0.39 is 6.04 Å². The van der Waals surface area contributed by atoms with Gasteiger partial charge in [-0.25, -0.2) is 4.79 Å². The standard InChI is InChI=1S/C17H16N4O4/c1-9(18-10-2-4-12-13(6-10)21-17(23)20-12)16(22)19-11-3-5-14-15(7-11)25-8-24-14/h2-7,9,18H,8H2,1H3,(H,19,22)(H2,20,21,23). The molecule has 2 aromatic carbocycles. The van der Waals surface area contributed by atoms with Gasteiger partial charge in [-0.05, 0) is 37.3 Å². The molecule has 0 spiro atoms. The number of aromatic amines is 2. The van der Waals surface area contributed by atoms with Crippen molar-refractivity contribution >= 4 is 28.3 Å². The van der Waals surface area contributed by atoms with Crippen molar-refractivity contribution in [1.82, 2.24) is 9.97 Å². The number of amides is 1. The fraction of sp³-hybridized carbons (Fsp3) is 0.176. The van der Waals surface area contributed by atoms with Crippen LogP contribution in [0.1, 0.15) is 6.92 Å². The number of fused-ring (bicyclic) bond motifs is 2. The number of hydrogen-bond acceptors (Lipinski definition) is 5. The lowest BCUT2D eigenvalue weighted by Crippen LogP contribution is -2.31. The van der Waals surface area contributed by atoms with Crippen LogP contribution in [0.4, 0.5) is 11.4 Å². The van der Waals surface area contributed by atoms with Crippen molar-refractivity contribution < 1.29 is 14.3 Å². The molecule has 0 radical (unpaired) electrons. The Morgan fingerprint density at radius 1 is 1.04 bits per heavy atom. The third kappa shape index (κ3) is 3.01. The van der Waals surface area contributed by atoms with Crippen LogP contribution in [0.15, 0.2) is 41.2 Å². The van der Waals surface area contributed by atoms with Crippen LogP contribution in [-0.4, -0.2) is 28.7 Å². The molecule has 128 valence electrons. The van der Waals surface area contributed by atoms with Crippen molar-refractivity contribution in [2.24, 2.45) is 0 Å². The number of carbonyl (C=O) groups excluding carboxylic acids is 1. The summed E-state index contributed by atoms with van der Waals surface area (Å²) in [5.41, 5.74) is 2.50. The number of imidazole rings is 1. The van der Waals surface area contributed by atoms with Gasteiger partial charge in [-0.3, -0.25) is 4.79 Å². The maximum Gasteiger partial charge on any atom is 0.323 e. The van der Waals surface area contributed by atoms with Crippen molar-refractivity contribution in [3.05, 3.63) is 46.9 Å². The Balaban J connectivity index is 1.45. The average molecular weight is 340 g/mol. The van der Waals surface area contributed by atoms with Gasteiger partial charge >= 0.3 is 5.69 Å². The predicted octanol–water partition coefficient (Wildman–Crippen LogP) is 2.02. The Bertz CT molecular complexity index is 1010. The highest BCUT2D eigenvalue weighted by Crippen LogP contribution is 2.34. The van der Waals surface area contributed by atoms with Crippen LogP contribution in [0.3, 0.4) is 0 Å². The molecule has 8 heteroatoms. The SMILES string of the molecule is CC(Nc1ccc2[nH]c(=O)[nH]c2c1)C(=O)Nc1ccc2c(c1)OCO2. The Kier molecular flexibility index (Phi) is 3.57. The minimum Gasteiger partial charge on any atom is -0.454 e. The van der Waals surface area contributed by atoms with Crippen LogP contribution >= 0.6 is 0 Å². The number of anilines is 2. The summed E-state index contributed by atoms with van der Waals surface area (Å²) >= 11 is 0. The number of H-pyrrole nitrogens is 2. The molecule has 4 rings (SSSR count). The maximum atomic E-state index is 12.4. The molecule has 0 aliphatic carbocycles. The van der Waals surface area contributed by atoms with Gasteiger partial charge in [-0.1, -0.05) is 0 Å². The van der Waals surface area contributed by atoms with Crippen molar-refractivity contribution in [3.8, 4) is 11.5 Å². The number of benzene rings is 2. The molecule has 1 aliphatic rings.